The normalized spacial score (nSPS) is 24.6. The molecule has 1 heterocycles. The Labute approximate surface area is 170 Å². The van der Waals surface area contributed by atoms with E-state index >= 15 is 0 Å². The van der Waals surface area contributed by atoms with Gasteiger partial charge >= 0.3 is 6.03 Å². The molecule has 1 unspecified atom stereocenters. The van der Waals surface area contributed by atoms with Gasteiger partial charge in [-0.05, 0) is 56.7 Å². The molecule has 1 saturated carbocycles. The van der Waals surface area contributed by atoms with E-state index in [2.05, 4.69) is 16.0 Å². The third kappa shape index (κ3) is 4.46. The van der Waals surface area contributed by atoms with E-state index in [-0.39, 0.29) is 23.8 Å². The van der Waals surface area contributed by atoms with Gasteiger partial charge in [-0.2, -0.15) is 0 Å². The number of amides is 4. The molecule has 1 saturated heterocycles. The Morgan fingerprint density at radius 3 is 2.59 bits per heavy atom. The van der Waals surface area contributed by atoms with Gasteiger partial charge in [-0.15, -0.1) is 0 Å². The zero-order chi connectivity index (χ0) is 21.0. The number of benzene rings is 1. The van der Waals surface area contributed by atoms with Gasteiger partial charge in [0.1, 0.15) is 5.54 Å². The molecule has 1 aliphatic carbocycles. The highest BCUT2D eigenvalue weighted by Crippen LogP contribution is 2.35. The SMILES string of the molecule is CCCOc1ccc(C(C)NC(=O)C2CCC3(CC2)NC(=O)NC3=O)cc1OC. The Balaban J connectivity index is 1.58. The van der Waals surface area contributed by atoms with Crippen molar-refractivity contribution in [3.05, 3.63) is 23.8 Å². The number of methoxy groups -OCH3 is 1. The Hall–Kier alpha value is -2.77. The minimum Gasteiger partial charge on any atom is -0.493 e. The number of nitrogens with one attached hydrogen (secondary N) is 3. The van der Waals surface area contributed by atoms with Crippen LogP contribution >= 0.6 is 0 Å². The van der Waals surface area contributed by atoms with Gasteiger partial charge in [-0.25, -0.2) is 4.79 Å². The smallest absolute Gasteiger partial charge is 0.322 e. The largest absolute Gasteiger partial charge is 0.493 e. The van der Waals surface area contributed by atoms with Crippen LogP contribution in [0.1, 0.15) is 57.6 Å². The van der Waals surface area contributed by atoms with Crippen molar-refractivity contribution in [2.24, 2.45) is 5.92 Å². The van der Waals surface area contributed by atoms with E-state index in [0.29, 0.717) is 43.8 Å². The molecule has 1 aromatic rings. The van der Waals surface area contributed by atoms with Crippen LogP contribution in [-0.2, 0) is 9.59 Å². The molecule has 3 N–H and O–H groups in total. The van der Waals surface area contributed by atoms with Crippen molar-refractivity contribution in [1.82, 2.24) is 16.0 Å². The Kier molecular flexibility index (Phi) is 6.30. The number of carbonyl (C=O) groups excluding carboxylic acids is 3. The van der Waals surface area contributed by atoms with Gasteiger partial charge in [0, 0.05) is 5.92 Å². The molecule has 1 aliphatic heterocycles. The molecular formula is C21H29N3O5. The second kappa shape index (κ2) is 8.71. The molecule has 4 amide bonds. The molecule has 0 bridgehead atoms. The maximum Gasteiger partial charge on any atom is 0.322 e. The van der Waals surface area contributed by atoms with Crippen molar-refractivity contribution >= 4 is 17.8 Å². The number of hydrogen-bond donors (Lipinski definition) is 3. The fourth-order valence-electron chi connectivity index (χ4n) is 3.95. The molecule has 1 spiro atoms. The number of imide groups is 1. The van der Waals surface area contributed by atoms with Gasteiger partial charge in [0.25, 0.3) is 5.91 Å². The van der Waals surface area contributed by atoms with E-state index in [4.69, 9.17) is 9.47 Å². The van der Waals surface area contributed by atoms with Crippen LogP contribution in [0.3, 0.4) is 0 Å². The minimum atomic E-state index is -0.846. The number of rotatable bonds is 7. The fourth-order valence-corrected chi connectivity index (χ4v) is 3.95. The van der Waals surface area contributed by atoms with Gasteiger partial charge in [0.2, 0.25) is 5.91 Å². The molecule has 0 aromatic heterocycles. The summed E-state index contributed by atoms with van der Waals surface area (Å²) in [7, 11) is 1.59. The van der Waals surface area contributed by atoms with Crippen LogP contribution in [-0.4, -0.2) is 37.1 Å². The number of ether oxygens (including phenoxy) is 2. The van der Waals surface area contributed by atoms with Crippen LogP contribution < -0.4 is 25.4 Å². The predicted molar refractivity (Wildman–Crippen MR) is 107 cm³/mol. The Morgan fingerprint density at radius 2 is 2.00 bits per heavy atom. The maximum atomic E-state index is 12.7. The lowest BCUT2D eigenvalue weighted by atomic mass is 9.76. The molecular weight excluding hydrogens is 374 g/mol. The third-order valence-corrected chi connectivity index (χ3v) is 5.73. The van der Waals surface area contributed by atoms with Gasteiger partial charge < -0.3 is 20.1 Å². The van der Waals surface area contributed by atoms with Crippen LogP contribution in [0.25, 0.3) is 0 Å². The van der Waals surface area contributed by atoms with Gasteiger partial charge in [-0.1, -0.05) is 13.0 Å². The summed E-state index contributed by atoms with van der Waals surface area (Å²) in [6, 6.07) is 5.02. The number of carbonyl (C=O) groups is 3. The molecule has 8 nitrogen and oxygen atoms in total. The van der Waals surface area contributed by atoms with Crippen molar-refractivity contribution in [2.75, 3.05) is 13.7 Å². The lowest BCUT2D eigenvalue weighted by Crippen LogP contribution is -2.51. The van der Waals surface area contributed by atoms with Crippen LogP contribution in [0.4, 0.5) is 4.79 Å². The van der Waals surface area contributed by atoms with Crippen molar-refractivity contribution in [2.45, 2.75) is 57.5 Å². The van der Waals surface area contributed by atoms with Crippen LogP contribution in [0.5, 0.6) is 11.5 Å². The third-order valence-electron chi connectivity index (χ3n) is 5.73. The molecule has 8 heteroatoms. The molecule has 3 rings (SSSR count). The highest BCUT2D eigenvalue weighted by molar-refractivity contribution is 6.07. The number of hydrogen-bond acceptors (Lipinski definition) is 5. The zero-order valence-electron chi connectivity index (χ0n) is 17.2. The lowest BCUT2D eigenvalue weighted by molar-refractivity contribution is -0.130. The molecule has 0 radical (unpaired) electrons. The van der Waals surface area contributed by atoms with Crippen LogP contribution in [0.15, 0.2) is 18.2 Å². The molecule has 2 aliphatic rings. The summed E-state index contributed by atoms with van der Waals surface area (Å²) in [4.78, 5) is 36.2. The Bertz CT molecular complexity index is 787. The van der Waals surface area contributed by atoms with E-state index < -0.39 is 11.6 Å². The second-order valence-corrected chi connectivity index (χ2v) is 7.75. The van der Waals surface area contributed by atoms with Crippen molar-refractivity contribution in [1.29, 1.82) is 0 Å². The minimum absolute atomic E-state index is 0.0395. The second-order valence-electron chi connectivity index (χ2n) is 7.75. The first-order chi connectivity index (χ1) is 13.9. The summed E-state index contributed by atoms with van der Waals surface area (Å²) < 4.78 is 11.1. The highest BCUT2D eigenvalue weighted by Gasteiger charge is 2.48. The van der Waals surface area contributed by atoms with Gasteiger partial charge in [0.15, 0.2) is 11.5 Å². The summed E-state index contributed by atoms with van der Waals surface area (Å²) in [5.41, 5.74) is 0.0787. The Morgan fingerprint density at radius 1 is 1.28 bits per heavy atom. The fraction of sp³-hybridized carbons (Fsp3) is 0.571. The first-order valence-electron chi connectivity index (χ1n) is 10.1. The highest BCUT2D eigenvalue weighted by atomic mass is 16.5. The first-order valence-corrected chi connectivity index (χ1v) is 10.1. The van der Waals surface area contributed by atoms with Crippen LogP contribution in [0, 0.1) is 5.92 Å². The standard InChI is InChI=1S/C21H29N3O5/c1-4-11-29-16-6-5-15(12-17(16)28-3)13(2)22-18(25)14-7-9-21(10-8-14)19(26)23-20(27)24-21/h5-6,12-14H,4,7-11H2,1-3H3,(H,22,25)(H2,23,24,26,27). The van der Waals surface area contributed by atoms with E-state index in [1.807, 2.05) is 32.0 Å². The average Bonchev–Trinajstić information content (AvgIpc) is 2.99. The van der Waals surface area contributed by atoms with E-state index in [1.165, 1.54) is 0 Å². The van der Waals surface area contributed by atoms with E-state index in [9.17, 15) is 14.4 Å². The van der Waals surface area contributed by atoms with Crippen LogP contribution in [0.2, 0.25) is 0 Å². The lowest BCUT2D eigenvalue weighted by Gasteiger charge is -2.34. The summed E-state index contributed by atoms with van der Waals surface area (Å²) in [6.45, 7) is 4.58. The monoisotopic (exact) mass is 403 g/mol. The molecule has 29 heavy (non-hydrogen) atoms. The maximum absolute atomic E-state index is 12.7. The summed E-state index contributed by atoms with van der Waals surface area (Å²) in [5.74, 6) is 0.822. The van der Waals surface area contributed by atoms with E-state index in [0.717, 1.165) is 12.0 Å². The molecule has 1 atom stereocenters. The summed E-state index contributed by atoms with van der Waals surface area (Å²) in [5, 5.41) is 8.07. The zero-order valence-corrected chi connectivity index (χ0v) is 17.2. The summed E-state index contributed by atoms with van der Waals surface area (Å²) >= 11 is 0. The summed E-state index contributed by atoms with van der Waals surface area (Å²) in [6.07, 6.45) is 2.95. The van der Waals surface area contributed by atoms with Gasteiger partial charge in [-0.3, -0.25) is 14.9 Å². The predicted octanol–water partition coefficient (Wildman–Crippen LogP) is 2.43. The first kappa shape index (κ1) is 21.0. The molecule has 2 fully saturated rings. The van der Waals surface area contributed by atoms with E-state index in [1.54, 1.807) is 7.11 Å². The topological polar surface area (TPSA) is 106 Å². The molecule has 158 valence electrons. The molecule has 1 aromatic carbocycles. The van der Waals surface area contributed by atoms with Gasteiger partial charge in [0.05, 0.1) is 19.8 Å². The quantitative estimate of drug-likeness (QED) is 0.607. The van der Waals surface area contributed by atoms with Crippen molar-refractivity contribution in [3.63, 3.8) is 0 Å². The number of urea groups is 1. The van der Waals surface area contributed by atoms with Crippen molar-refractivity contribution in [3.8, 4) is 11.5 Å². The van der Waals surface area contributed by atoms with Crippen molar-refractivity contribution < 1.29 is 23.9 Å². The average molecular weight is 403 g/mol.